The zero-order valence-corrected chi connectivity index (χ0v) is 12.7. The maximum atomic E-state index is 12.4. The van der Waals surface area contributed by atoms with E-state index in [-0.39, 0.29) is 18.4 Å². The van der Waals surface area contributed by atoms with Crippen LogP contribution in [0, 0.1) is 5.92 Å². The lowest BCUT2D eigenvalue weighted by atomic mass is 9.91. The van der Waals surface area contributed by atoms with Gasteiger partial charge in [-0.3, -0.25) is 4.79 Å². The molecular weight excluding hydrogens is 294 g/mol. The normalized spacial score (nSPS) is 17.6. The van der Waals surface area contributed by atoms with Crippen LogP contribution in [0.15, 0.2) is 18.2 Å². The van der Waals surface area contributed by atoms with Gasteiger partial charge in [-0.05, 0) is 37.0 Å². The fraction of sp³-hybridized carbons (Fsp3) is 0.533. The number of halogens is 1. The van der Waals surface area contributed by atoms with E-state index in [1.807, 2.05) is 0 Å². The average Bonchev–Trinajstić information content (AvgIpc) is 2.53. The van der Waals surface area contributed by atoms with Gasteiger partial charge in [-0.25, -0.2) is 0 Å². The van der Waals surface area contributed by atoms with Crippen LogP contribution in [0.25, 0.3) is 0 Å². The molecule has 2 rings (SSSR count). The van der Waals surface area contributed by atoms with Crippen LogP contribution in [0.4, 0.5) is 0 Å². The van der Waals surface area contributed by atoms with Gasteiger partial charge in [0.15, 0.2) is 0 Å². The first-order valence-electron chi connectivity index (χ1n) is 6.98. The van der Waals surface area contributed by atoms with Gasteiger partial charge in [0.25, 0.3) is 5.91 Å². The van der Waals surface area contributed by atoms with Crippen LogP contribution in [0.3, 0.4) is 0 Å². The van der Waals surface area contributed by atoms with Crippen molar-refractivity contribution in [2.24, 2.45) is 5.92 Å². The molecule has 1 aliphatic rings. The van der Waals surface area contributed by atoms with Crippen LogP contribution in [0.1, 0.15) is 23.2 Å². The topological polar surface area (TPSA) is 70.0 Å². The van der Waals surface area contributed by atoms with Crippen molar-refractivity contribution in [3.8, 4) is 5.75 Å². The second kappa shape index (κ2) is 7.11. The van der Waals surface area contributed by atoms with Crippen molar-refractivity contribution < 1.29 is 19.7 Å². The van der Waals surface area contributed by atoms with E-state index in [4.69, 9.17) is 21.4 Å². The Morgan fingerprint density at radius 1 is 1.48 bits per heavy atom. The highest BCUT2D eigenvalue weighted by Gasteiger charge is 2.27. The molecule has 1 saturated heterocycles. The van der Waals surface area contributed by atoms with Crippen molar-refractivity contribution >= 4 is 17.5 Å². The Kier molecular flexibility index (Phi) is 5.45. The molecule has 1 aromatic carbocycles. The highest BCUT2D eigenvalue weighted by molar-refractivity contribution is 6.32. The lowest BCUT2D eigenvalue weighted by molar-refractivity contribution is 0.0179. The van der Waals surface area contributed by atoms with Gasteiger partial charge >= 0.3 is 0 Å². The summed E-state index contributed by atoms with van der Waals surface area (Å²) in [4.78, 5) is 14.2. The van der Waals surface area contributed by atoms with Gasteiger partial charge in [-0.15, -0.1) is 0 Å². The summed E-state index contributed by atoms with van der Waals surface area (Å²) in [7, 11) is 1.53. The third kappa shape index (κ3) is 3.67. The highest BCUT2D eigenvalue weighted by atomic mass is 35.5. The molecule has 1 unspecified atom stereocenters. The number of benzene rings is 1. The van der Waals surface area contributed by atoms with Crippen LogP contribution in [-0.4, -0.2) is 53.9 Å². The van der Waals surface area contributed by atoms with Gasteiger partial charge in [0.2, 0.25) is 0 Å². The zero-order chi connectivity index (χ0) is 15.4. The Labute approximate surface area is 129 Å². The lowest BCUT2D eigenvalue weighted by Gasteiger charge is -2.33. The predicted molar refractivity (Wildman–Crippen MR) is 79.7 cm³/mol. The number of aliphatic hydroxyl groups is 2. The number of ether oxygens (including phenoxy) is 1. The molecule has 6 heteroatoms. The van der Waals surface area contributed by atoms with Crippen LogP contribution in [0.5, 0.6) is 5.75 Å². The average molecular weight is 314 g/mol. The monoisotopic (exact) mass is 313 g/mol. The standard InChI is InChI=1S/C15H20ClNO4/c1-21-14-3-2-11(8-12(14)16)15(20)17-6-4-10(5-7-17)13(19)9-18/h2-3,8,10,13,18-19H,4-7,9H2,1H3. The summed E-state index contributed by atoms with van der Waals surface area (Å²) in [6, 6.07) is 4.98. The first kappa shape index (κ1) is 16.1. The molecule has 116 valence electrons. The fourth-order valence-electron chi connectivity index (χ4n) is 2.62. The number of rotatable bonds is 4. The number of hydrogen-bond acceptors (Lipinski definition) is 4. The number of amides is 1. The molecule has 1 atom stereocenters. The third-order valence-electron chi connectivity index (χ3n) is 3.96. The third-order valence-corrected chi connectivity index (χ3v) is 4.25. The van der Waals surface area contributed by atoms with Crippen LogP contribution < -0.4 is 4.74 Å². The quantitative estimate of drug-likeness (QED) is 0.885. The van der Waals surface area contributed by atoms with E-state index in [9.17, 15) is 9.90 Å². The fourth-order valence-corrected chi connectivity index (χ4v) is 2.88. The van der Waals surface area contributed by atoms with Crippen molar-refractivity contribution in [1.82, 2.24) is 4.90 Å². The number of hydrogen-bond donors (Lipinski definition) is 2. The minimum atomic E-state index is -0.697. The van der Waals surface area contributed by atoms with Crippen molar-refractivity contribution in [2.45, 2.75) is 18.9 Å². The highest BCUT2D eigenvalue weighted by Crippen LogP contribution is 2.27. The van der Waals surface area contributed by atoms with Crippen LogP contribution in [0.2, 0.25) is 5.02 Å². The van der Waals surface area contributed by atoms with Gasteiger partial charge in [0.05, 0.1) is 24.8 Å². The number of nitrogens with zero attached hydrogens (tertiary/aromatic N) is 1. The smallest absolute Gasteiger partial charge is 0.253 e. The minimum Gasteiger partial charge on any atom is -0.495 e. The second-order valence-corrected chi connectivity index (χ2v) is 5.64. The molecule has 5 nitrogen and oxygen atoms in total. The first-order valence-corrected chi connectivity index (χ1v) is 7.36. The van der Waals surface area contributed by atoms with Crippen molar-refractivity contribution in [2.75, 3.05) is 26.8 Å². The van der Waals surface area contributed by atoms with Gasteiger partial charge in [-0.2, -0.15) is 0 Å². The predicted octanol–water partition coefficient (Wildman–Crippen LogP) is 1.55. The molecule has 0 radical (unpaired) electrons. The van der Waals surface area contributed by atoms with E-state index in [1.165, 1.54) is 7.11 Å². The molecule has 0 aromatic heterocycles. The summed E-state index contributed by atoms with van der Waals surface area (Å²) in [5, 5.41) is 19.0. The summed E-state index contributed by atoms with van der Waals surface area (Å²) in [6.07, 6.45) is 0.687. The number of aliphatic hydroxyl groups excluding tert-OH is 2. The summed E-state index contributed by atoms with van der Waals surface area (Å²) in [5.74, 6) is 0.521. The Morgan fingerprint density at radius 3 is 2.67 bits per heavy atom. The van der Waals surface area contributed by atoms with E-state index < -0.39 is 6.10 Å². The molecule has 1 aromatic rings. The zero-order valence-electron chi connectivity index (χ0n) is 12.0. The Morgan fingerprint density at radius 2 is 2.14 bits per heavy atom. The molecule has 1 aliphatic heterocycles. The maximum Gasteiger partial charge on any atom is 0.253 e. The SMILES string of the molecule is COc1ccc(C(=O)N2CCC(C(O)CO)CC2)cc1Cl. The molecule has 0 spiro atoms. The number of piperidine rings is 1. The van der Waals surface area contributed by atoms with Gasteiger partial charge in [0, 0.05) is 18.7 Å². The molecule has 0 bridgehead atoms. The molecule has 0 aliphatic carbocycles. The van der Waals surface area contributed by atoms with Gasteiger partial charge in [0.1, 0.15) is 5.75 Å². The number of carbonyl (C=O) groups excluding carboxylic acids is 1. The lowest BCUT2D eigenvalue weighted by Crippen LogP contribution is -2.42. The van der Waals surface area contributed by atoms with Crippen LogP contribution >= 0.6 is 11.6 Å². The molecule has 0 saturated carbocycles. The first-order chi connectivity index (χ1) is 10.1. The summed E-state index contributed by atoms with van der Waals surface area (Å²) in [6.45, 7) is 0.918. The van der Waals surface area contributed by atoms with Gasteiger partial charge in [-0.1, -0.05) is 11.6 Å². The Hall–Kier alpha value is -1.30. The number of likely N-dealkylation sites (tertiary alicyclic amines) is 1. The van der Waals surface area contributed by atoms with Gasteiger partial charge < -0.3 is 19.8 Å². The van der Waals surface area contributed by atoms with E-state index in [0.717, 1.165) is 0 Å². The van der Waals surface area contributed by atoms with Crippen molar-refractivity contribution in [3.05, 3.63) is 28.8 Å². The summed E-state index contributed by atoms with van der Waals surface area (Å²) >= 11 is 6.04. The summed E-state index contributed by atoms with van der Waals surface area (Å²) < 4.78 is 5.07. The minimum absolute atomic E-state index is 0.0542. The molecule has 21 heavy (non-hydrogen) atoms. The number of methoxy groups -OCH3 is 1. The maximum absolute atomic E-state index is 12.4. The van der Waals surface area contributed by atoms with Crippen LogP contribution in [-0.2, 0) is 0 Å². The van der Waals surface area contributed by atoms with E-state index in [0.29, 0.717) is 42.3 Å². The molecular formula is C15H20ClNO4. The Bertz CT molecular complexity index is 500. The molecule has 1 fully saturated rings. The van der Waals surface area contributed by atoms with E-state index in [1.54, 1.807) is 23.1 Å². The summed E-state index contributed by atoms with van der Waals surface area (Å²) in [5.41, 5.74) is 0.530. The molecule has 2 N–H and O–H groups in total. The molecule has 1 heterocycles. The largest absolute Gasteiger partial charge is 0.495 e. The van der Waals surface area contributed by atoms with Crippen molar-refractivity contribution in [1.29, 1.82) is 0 Å². The second-order valence-electron chi connectivity index (χ2n) is 5.23. The van der Waals surface area contributed by atoms with E-state index in [2.05, 4.69) is 0 Å². The number of carbonyl (C=O) groups is 1. The van der Waals surface area contributed by atoms with Crippen molar-refractivity contribution in [3.63, 3.8) is 0 Å². The molecule has 1 amide bonds. The van der Waals surface area contributed by atoms with E-state index >= 15 is 0 Å². The Balaban J connectivity index is 2.00.